The number of piperidine rings is 1. The number of aliphatic hydroxyl groups is 1. The number of likely N-dealkylation sites (tertiary alicyclic amines) is 1. The number of nitrogens with zero attached hydrogens (tertiary/aromatic N) is 3. The van der Waals surface area contributed by atoms with Gasteiger partial charge in [-0.3, -0.25) is 19.6 Å². The van der Waals surface area contributed by atoms with Crippen LogP contribution in [-0.4, -0.2) is 74.2 Å². The number of aliphatic hydroxyl groups excluding tert-OH is 1. The minimum absolute atomic E-state index is 0.0102. The number of piperazine rings is 1. The van der Waals surface area contributed by atoms with Crippen molar-refractivity contribution in [3.8, 4) is 0 Å². The van der Waals surface area contributed by atoms with Crippen molar-refractivity contribution in [3.05, 3.63) is 52.3 Å². The lowest BCUT2D eigenvalue weighted by molar-refractivity contribution is -0.165. The van der Waals surface area contributed by atoms with Crippen LogP contribution < -0.4 is 5.32 Å². The van der Waals surface area contributed by atoms with Crippen LogP contribution in [0.15, 0.2) is 24.5 Å². The number of hydrogen-bond donors (Lipinski definition) is 3. The van der Waals surface area contributed by atoms with Gasteiger partial charge in [-0.1, -0.05) is 39.3 Å². The number of aromatic amines is 1. The molecule has 2 saturated heterocycles. The summed E-state index contributed by atoms with van der Waals surface area (Å²) in [4.78, 5) is 31.5. The van der Waals surface area contributed by atoms with Crippen molar-refractivity contribution in [1.82, 2.24) is 25.3 Å². The molecule has 2 fully saturated rings. The van der Waals surface area contributed by atoms with Crippen LogP contribution in [0.1, 0.15) is 80.3 Å². The average molecular weight is 510 g/mol. The molecule has 3 N–H and O–H groups in total. The fraction of sp³-hybridized carbons (Fsp3) is 0.621. The van der Waals surface area contributed by atoms with Crippen LogP contribution in [0.4, 0.5) is 0 Å². The molecule has 3 atom stereocenters. The van der Waals surface area contributed by atoms with Gasteiger partial charge in [-0.15, -0.1) is 0 Å². The van der Waals surface area contributed by atoms with Gasteiger partial charge in [0.25, 0.3) is 0 Å². The van der Waals surface area contributed by atoms with Gasteiger partial charge in [0.2, 0.25) is 11.8 Å². The number of H-pyrrole nitrogens is 1. The largest absolute Gasteiger partial charge is 0.390 e. The van der Waals surface area contributed by atoms with Crippen molar-refractivity contribution in [1.29, 1.82) is 0 Å². The van der Waals surface area contributed by atoms with Crippen LogP contribution in [0, 0.1) is 26.7 Å². The van der Waals surface area contributed by atoms with Crippen molar-refractivity contribution >= 4 is 11.8 Å². The Hall–Kier alpha value is -2.71. The molecule has 1 spiro atoms. The van der Waals surface area contributed by atoms with E-state index in [0.29, 0.717) is 32.5 Å². The lowest BCUT2D eigenvalue weighted by Crippen LogP contribution is -2.75. The Morgan fingerprint density at radius 1 is 1.11 bits per heavy atom. The summed E-state index contributed by atoms with van der Waals surface area (Å²) in [6.07, 6.45) is 5.78. The molecular formula is C29H43N5O3. The highest BCUT2D eigenvalue weighted by molar-refractivity contribution is 6.00. The molecule has 2 aliphatic heterocycles. The third kappa shape index (κ3) is 5.06. The number of unbranched alkanes of at least 4 members (excludes halogenated alkanes) is 1. The maximum absolute atomic E-state index is 13.7. The summed E-state index contributed by atoms with van der Waals surface area (Å²) in [6, 6.07) is 3.64. The molecule has 8 nitrogen and oxygen atoms in total. The number of amides is 2. The van der Waals surface area contributed by atoms with E-state index in [1.807, 2.05) is 26.2 Å². The second-order valence-electron chi connectivity index (χ2n) is 11.3. The van der Waals surface area contributed by atoms with Gasteiger partial charge in [0.1, 0.15) is 11.6 Å². The summed E-state index contributed by atoms with van der Waals surface area (Å²) in [7, 11) is 0. The first-order chi connectivity index (χ1) is 17.6. The Morgan fingerprint density at radius 3 is 2.30 bits per heavy atom. The van der Waals surface area contributed by atoms with Gasteiger partial charge < -0.3 is 15.3 Å². The number of carbonyl (C=O) groups is 2. The zero-order valence-corrected chi connectivity index (χ0v) is 23.2. The molecule has 37 heavy (non-hydrogen) atoms. The average Bonchev–Trinajstić information content (AvgIpc) is 3.40. The minimum Gasteiger partial charge on any atom is -0.390 e. The van der Waals surface area contributed by atoms with E-state index in [2.05, 4.69) is 60.2 Å². The van der Waals surface area contributed by atoms with Gasteiger partial charge in [-0.05, 0) is 68.2 Å². The maximum Gasteiger partial charge on any atom is 0.248 e. The molecule has 0 radical (unpaired) electrons. The molecule has 2 aromatic rings. The Labute approximate surface area is 220 Å². The van der Waals surface area contributed by atoms with E-state index < -0.39 is 17.7 Å². The van der Waals surface area contributed by atoms with Crippen molar-refractivity contribution in [2.75, 3.05) is 19.6 Å². The Balaban J connectivity index is 1.63. The Morgan fingerprint density at radius 2 is 1.76 bits per heavy atom. The quantitative estimate of drug-likeness (QED) is 0.506. The highest BCUT2D eigenvalue weighted by atomic mass is 16.3. The number of rotatable bonds is 8. The lowest BCUT2D eigenvalue weighted by atomic mass is 9.79. The molecule has 1 aromatic carbocycles. The molecule has 2 amide bonds. The van der Waals surface area contributed by atoms with E-state index in [1.54, 1.807) is 4.90 Å². The van der Waals surface area contributed by atoms with Crippen LogP contribution >= 0.6 is 0 Å². The fourth-order valence-corrected chi connectivity index (χ4v) is 6.00. The van der Waals surface area contributed by atoms with E-state index in [0.717, 1.165) is 18.4 Å². The first-order valence-electron chi connectivity index (χ1n) is 13.7. The molecule has 0 saturated carbocycles. The second kappa shape index (κ2) is 11.0. The molecular weight excluding hydrogens is 466 g/mol. The summed E-state index contributed by atoms with van der Waals surface area (Å²) >= 11 is 0. The van der Waals surface area contributed by atoms with Gasteiger partial charge in [0.05, 0.1) is 18.3 Å². The van der Waals surface area contributed by atoms with Gasteiger partial charge in [-0.25, -0.2) is 0 Å². The number of benzene rings is 1. The Bertz CT molecular complexity index is 1080. The smallest absolute Gasteiger partial charge is 0.248 e. The number of carbonyl (C=O) groups excluding carboxylic acids is 2. The minimum atomic E-state index is -0.906. The SMILES string of the molecule is CCCCN1C(=O)[C@@H]([C@H](O)C(C)C)NC(=O)C12CCN(C(c1cn[nH]c1)c1cc(C)c(C)c(C)c1)CC2. The molecule has 0 aliphatic carbocycles. The van der Waals surface area contributed by atoms with Crippen LogP contribution in [0.3, 0.4) is 0 Å². The monoisotopic (exact) mass is 509 g/mol. The van der Waals surface area contributed by atoms with E-state index in [4.69, 9.17) is 0 Å². The van der Waals surface area contributed by atoms with Gasteiger partial charge in [0, 0.05) is 31.4 Å². The molecule has 1 unspecified atom stereocenters. The summed E-state index contributed by atoms with van der Waals surface area (Å²) in [5, 5.41) is 20.8. The normalized spacial score (nSPS) is 21.9. The maximum atomic E-state index is 13.7. The highest BCUT2D eigenvalue weighted by Crippen LogP contribution is 2.39. The predicted octanol–water partition coefficient (Wildman–Crippen LogP) is 3.40. The highest BCUT2D eigenvalue weighted by Gasteiger charge is 2.55. The summed E-state index contributed by atoms with van der Waals surface area (Å²) < 4.78 is 0. The molecule has 8 heteroatoms. The third-order valence-electron chi connectivity index (χ3n) is 8.61. The number of aryl methyl sites for hydroxylation is 2. The topological polar surface area (TPSA) is 102 Å². The van der Waals surface area contributed by atoms with E-state index >= 15 is 0 Å². The van der Waals surface area contributed by atoms with E-state index in [1.165, 1.54) is 22.3 Å². The van der Waals surface area contributed by atoms with Crippen molar-refractivity contribution in [2.24, 2.45) is 5.92 Å². The van der Waals surface area contributed by atoms with Crippen LogP contribution in [0.5, 0.6) is 0 Å². The van der Waals surface area contributed by atoms with Gasteiger partial charge in [0.15, 0.2) is 0 Å². The molecule has 4 rings (SSSR count). The Kier molecular flexibility index (Phi) is 8.09. The number of aromatic nitrogens is 2. The van der Waals surface area contributed by atoms with Gasteiger partial charge in [-0.2, -0.15) is 5.10 Å². The zero-order valence-electron chi connectivity index (χ0n) is 23.2. The van der Waals surface area contributed by atoms with Crippen molar-refractivity contribution in [2.45, 2.75) is 91.0 Å². The molecule has 2 aliphatic rings. The standard InChI is InChI=1S/C29H43N5O3/c1-7-8-11-34-27(36)24(26(35)18(2)3)32-28(37)29(34)9-12-33(13-10-29)25(23-16-30-31-17-23)22-14-19(4)21(6)20(5)15-22/h14-18,24-26,35H,7-13H2,1-6H3,(H,30,31)(H,32,37)/t24-,25?,26-/m1/s1. The number of nitrogens with one attached hydrogen (secondary N) is 2. The first kappa shape index (κ1) is 27.3. The molecule has 3 heterocycles. The van der Waals surface area contributed by atoms with E-state index in [9.17, 15) is 14.7 Å². The summed E-state index contributed by atoms with van der Waals surface area (Å²) in [5.74, 6) is -0.413. The molecule has 202 valence electrons. The zero-order chi connectivity index (χ0) is 26.9. The molecule has 0 bridgehead atoms. The third-order valence-corrected chi connectivity index (χ3v) is 8.61. The van der Waals surface area contributed by atoms with Crippen LogP contribution in [-0.2, 0) is 9.59 Å². The van der Waals surface area contributed by atoms with Crippen molar-refractivity contribution < 1.29 is 14.7 Å². The first-order valence-corrected chi connectivity index (χ1v) is 13.7. The summed E-state index contributed by atoms with van der Waals surface area (Å²) in [6.45, 7) is 14.1. The summed E-state index contributed by atoms with van der Waals surface area (Å²) in [5.41, 5.74) is 5.24. The second-order valence-corrected chi connectivity index (χ2v) is 11.3. The lowest BCUT2D eigenvalue weighted by Gasteiger charge is -2.53. The number of hydrogen-bond acceptors (Lipinski definition) is 5. The van der Waals surface area contributed by atoms with Crippen molar-refractivity contribution in [3.63, 3.8) is 0 Å². The predicted molar refractivity (Wildman–Crippen MR) is 144 cm³/mol. The van der Waals surface area contributed by atoms with E-state index in [-0.39, 0.29) is 23.8 Å². The van der Waals surface area contributed by atoms with Gasteiger partial charge >= 0.3 is 0 Å². The van der Waals surface area contributed by atoms with Crippen LogP contribution in [0.25, 0.3) is 0 Å². The van der Waals surface area contributed by atoms with Crippen LogP contribution in [0.2, 0.25) is 0 Å². The fourth-order valence-electron chi connectivity index (χ4n) is 6.00. The molecule has 1 aromatic heterocycles.